The predicted molar refractivity (Wildman–Crippen MR) is 83.8 cm³/mol. The quantitative estimate of drug-likeness (QED) is 0.831. The van der Waals surface area contributed by atoms with Gasteiger partial charge in [0.05, 0.1) is 12.6 Å². The summed E-state index contributed by atoms with van der Waals surface area (Å²) in [5.41, 5.74) is 2.72. The predicted octanol–water partition coefficient (Wildman–Crippen LogP) is 3.75. The molecular formula is C17H25N3. The number of nitrogens with one attached hydrogen (secondary N) is 1. The molecule has 108 valence electrons. The van der Waals surface area contributed by atoms with Crippen LogP contribution in [-0.4, -0.2) is 16.3 Å². The minimum Gasteiger partial charge on any atom is -0.308 e. The van der Waals surface area contributed by atoms with Crippen LogP contribution in [0.2, 0.25) is 0 Å². The highest BCUT2D eigenvalue weighted by molar-refractivity contribution is 5.26. The van der Waals surface area contributed by atoms with Crippen LogP contribution in [0.4, 0.5) is 0 Å². The Morgan fingerprint density at radius 3 is 2.40 bits per heavy atom. The number of benzene rings is 1. The first-order chi connectivity index (χ1) is 9.70. The summed E-state index contributed by atoms with van der Waals surface area (Å²) in [6.07, 6.45) is 4.99. The second-order valence-corrected chi connectivity index (χ2v) is 5.56. The lowest BCUT2D eigenvalue weighted by atomic mass is 9.99. The van der Waals surface area contributed by atoms with Crippen LogP contribution < -0.4 is 5.32 Å². The Hall–Kier alpha value is -1.61. The van der Waals surface area contributed by atoms with Crippen molar-refractivity contribution in [1.82, 2.24) is 15.1 Å². The minimum absolute atomic E-state index is 0.316. The molecule has 0 aliphatic rings. The molecule has 0 radical (unpaired) electrons. The van der Waals surface area contributed by atoms with Crippen LogP contribution in [0.5, 0.6) is 0 Å². The van der Waals surface area contributed by atoms with Gasteiger partial charge in [0.15, 0.2) is 0 Å². The molecule has 1 heterocycles. The van der Waals surface area contributed by atoms with E-state index in [0.29, 0.717) is 12.0 Å². The Morgan fingerprint density at radius 1 is 1.15 bits per heavy atom. The normalized spacial score (nSPS) is 12.8. The molecule has 2 aromatic rings. The van der Waals surface area contributed by atoms with Crippen LogP contribution in [0.15, 0.2) is 42.7 Å². The van der Waals surface area contributed by atoms with E-state index in [4.69, 9.17) is 0 Å². The van der Waals surface area contributed by atoms with Crippen LogP contribution in [0.1, 0.15) is 50.3 Å². The van der Waals surface area contributed by atoms with E-state index < -0.39 is 0 Å². The van der Waals surface area contributed by atoms with Gasteiger partial charge in [0, 0.05) is 12.4 Å². The first-order valence-electron chi connectivity index (χ1n) is 7.51. The summed E-state index contributed by atoms with van der Waals surface area (Å²) < 4.78 is 1.99. The lowest BCUT2D eigenvalue weighted by Gasteiger charge is -2.20. The van der Waals surface area contributed by atoms with Gasteiger partial charge in [-0.2, -0.15) is 5.10 Å². The van der Waals surface area contributed by atoms with Crippen LogP contribution in [0, 0.1) is 0 Å². The summed E-state index contributed by atoms with van der Waals surface area (Å²) in [7, 11) is 0. The highest BCUT2D eigenvalue weighted by atomic mass is 15.3. The second kappa shape index (κ2) is 7.25. The topological polar surface area (TPSA) is 29.9 Å². The Labute approximate surface area is 122 Å². The first-order valence-corrected chi connectivity index (χ1v) is 7.51. The third-order valence-electron chi connectivity index (χ3n) is 3.58. The van der Waals surface area contributed by atoms with Gasteiger partial charge in [-0.25, -0.2) is 0 Å². The van der Waals surface area contributed by atoms with E-state index in [-0.39, 0.29) is 0 Å². The zero-order valence-corrected chi connectivity index (χ0v) is 12.7. The Balaban J connectivity index is 2.12. The van der Waals surface area contributed by atoms with Crippen molar-refractivity contribution < 1.29 is 0 Å². The zero-order valence-electron chi connectivity index (χ0n) is 12.7. The average Bonchev–Trinajstić information content (AvgIpc) is 2.96. The molecule has 0 amide bonds. The maximum atomic E-state index is 4.31. The standard InChI is InChI=1S/C17H25N3/c1-4-10-18-17(13-20-12-5-11-19-20)16-8-6-15(7-9-16)14(2)3/h5-9,11-12,14,17-18H,4,10,13H2,1-3H3. The van der Waals surface area contributed by atoms with Crippen molar-refractivity contribution >= 4 is 0 Å². The van der Waals surface area contributed by atoms with E-state index >= 15 is 0 Å². The molecule has 1 aromatic heterocycles. The van der Waals surface area contributed by atoms with Crippen molar-refractivity contribution in [2.45, 2.75) is 45.7 Å². The molecule has 3 heteroatoms. The largest absolute Gasteiger partial charge is 0.308 e. The van der Waals surface area contributed by atoms with E-state index in [2.05, 4.69) is 55.5 Å². The van der Waals surface area contributed by atoms with Crippen molar-refractivity contribution in [3.63, 3.8) is 0 Å². The van der Waals surface area contributed by atoms with Gasteiger partial charge in [0.25, 0.3) is 0 Å². The Kier molecular flexibility index (Phi) is 5.36. The van der Waals surface area contributed by atoms with Gasteiger partial charge in [-0.15, -0.1) is 0 Å². The molecular weight excluding hydrogens is 246 g/mol. The molecule has 2 rings (SSSR count). The van der Waals surface area contributed by atoms with Gasteiger partial charge in [0.2, 0.25) is 0 Å². The van der Waals surface area contributed by atoms with Crippen LogP contribution in [-0.2, 0) is 6.54 Å². The lowest BCUT2D eigenvalue weighted by molar-refractivity contribution is 0.439. The zero-order chi connectivity index (χ0) is 14.4. The summed E-state index contributed by atoms with van der Waals surface area (Å²) in [6, 6.07) is 11.3. The van der Waals surface area contributed by atoms with Gasteiger partial charge < -0.3 is 5.32 Å². The summed E-state index contributed by atoms with van der Waals surface area (Å²) in [6.45, 7) is 8.54. The third kappa shape index (κ3) is 3.94. The number of hydrogen-bond acceptors (Lipinski definition) is 2. The summed E-state index contributed by atoms with van der Waals surface area (Å²) in [5, 5.41) is 7.92. The smallest absolute Gasteiger partial charge is 0.0604 e. The van der Waals surface area contributed by atoms with Crippen molar-refractivity contribution in [1.29, 1.82) is 0 Å². The first kappa shape index (κ1) is 14.8. The van der Waals surface area contributed by atoms with Crippen molar-refractivity contribution in [3.8, 4) is 0 Å². The second-order valence-electron chi connectivity index (χ2n) is 5.56. The van der Waals surface area contributed by atoms with Crippen LogP contribution >= 0.6 is 0 Å². The number of nitrogens with zero attached hydrogens (tertiary/aromatic N) is 2. The third-order valence-corrected chi connectivity index (χ3v) is 3.58. The monoisotopic (exact) mass is 271 g/mol. The van der Waals surface area contributed by atoms with Crippen molar-refractivity contribution in [2.75, 3.05) is 6.54 Å². The molecule has 0 bridgehead atoms. The highest BCUT2D eigenvalue weighted by Gasteiger charge is 2.12. The molecule has 0 fully saturated rings. The molecule has 0 spiro atoms. The van der Waals surface area contributed by atoms with Crippen molar-refractivity contribution in [2.24, 2.45) is 0 Å². The summed E-state index contributed by atoms with van der Waals surface area (Å²) >= 11 is 0. The van der Waals surface area contributed by atoms with Gasteiger partial charge in [-0.1, -0.05) is 45.0 Å². The fraction of sp³-hybridized carbons (Fsp3) is 0.471. The van der Waals surface area contributed by atoms with Crippen LogP contribution in [0.25, 0.3) is 0 Å². The number of aromatic nitrogens is 2. The van der Waals surface area contributed by atoms with E-state index in [9.17, 15) is 0 Å². The van der Waals surface area contributed by atoms with Gasteiger partial charge in [-0.05, 0) is 36.1 Å². The Morgan fingerprint density at radius 2 is 1.85 bits per heavy atom. The molecule has 0 saturated heterocycles. The molecule has 1 unspecified atom stereocenters. The highest BCUT2D eigenvalue weighted by Crippen LogP contribution is 2.20. The van der Waals surface area contributed by atoms with Crippen molar-refractivity contribution in [3.05, 3.63) is 53.9 Å². The van der Waals surface area contributed by atoms with Gasteiger partial charge >= 0.3 is 0 Å². The van der Waals surface area contributed by atoms with E-state index in [1.165, 1.54) is 11.1 Å². The molecule has 1 N–H and O–H groups in total. The number of hydrogen-bond donors (Lipinski definition) is 1. The molecule has 3 nitrogen and oxygen atoms in total. The summed E-state index contributed by atoms with van der Waals surface area (Å²) in [5.74, 6) is 0.581. The molecule has 0 aliphatic carbocycles. The van der Waals surface area contributed by atoms with E-state index in [1.807, 2.05) is 23.1 Å². The average molecular weight is 271 g/mol. The van der Waals surface area contributed by atoms with E-state index in [0.717, 1.165) is 19.5 Å². The van der Waals surface area contributed by atoms with Gasteiger partial charge in [0.1, 0.15) is 0 Å². The maximum Gasteiger partial charge on any atom is 0.0604 e. The van der Waals surface area contributed by atoms with Gasteiger partial charge in [-0.3, -0.25) is 4.68 Å². The molecule has 1 aromatic carbocycles. The number of rotatable bonds is 7. The molecule has 0 aliphatic heterocycles. The molecule has 1 atom stereocenters. The van der Waals surface area contributed by atoms with E-state index in [1.54, 1.807) is 0 Å². The SMILES string of the molecule is CCCNC(Cn1cccn1)c1ccc(C(C)C)cc1. The lowest BCUT2D eigenvalue weighted by Crippen LogP contribution is -2.26. The van der Waals surface area contributed by atoms with Crippen LogP contribution in [0.3, 0.4) is 0 Å². The fourth-order valence-corrected chi connectivity index (χ4v) is 2.32. The Bertz CT molecular complexity index is 485. The maximum absolute atomic E-state index is 4.31. The summed E-state index contributed by atoms with van der Waals surface area (Å²) in [4.78, 5) is 0. The molecule has 20 heavy (non-hydrogen) atoms. The molecule has 0 saturated carbocycles. The minimum atomic E-state index is 0.316. The fourth-order valence-electron chi connectivity index (χ4n) is 2.32.